The summed E-state index contributed by atoms with van der Waals surface area (Å²) >= 11 is 1.50. The Bertz CT molecular complexity index is 855. The molecule has 0 unspecified atom stereocenters. The topological polar surface area (TPSA) is 67.9 Å². The van der Waals surface area contributed by atoms with Crippen molar-refractivity contribution in [3.63, 3.8) is 0 Å². The molecule has 2 heterocycles. The Morgan fingerprint density at radius 2 is 1.92 bits per heavy atom. The monoisotopic (exact) mass is 370 g/mol. The molecule has 0 aromatic heterocycles. The van der Waals surface area contributed by atoms with Gasteiger partial charge in [0.2, 0.25) is 11.8 Å². The van der Waals surface area contributed by atoms with E-state index in [1.165, 1.54) is 11.8 Å². The third-order valence-corrected chi connectivity index (χ3v) is 5.25. The SMILES string of the molecule is O=C(CN1C(=O)CSc2ccccc21)NCc1ccc2c(c1)OCCO2. The number of amides is 2. The van der Waals surface area contributed by atoms with Crippen molar-refractivity contribution < 1.29 is 19.1 Å². The van der Waals surface area contributed by atoms with Crippen molar-refractivity contribution in [1.82, 2.24) is 5.32 Å². The van der Waals surface area contributed by atoms with Gasteiger partial charge < -0.3 is 19.7 Å². The highest BCUT2D eigenvalue weighted by atomic mass is 32.2. The van der Waals surface area contributed by atoms with Crippen LogP contribution in [0.2, 0.25) is 0 Å². The van der Waals surface area contributed by atoms with Gasteiger partial charge >= 0.3 is 0 Å². The smallest absolute Gasteiger partial charge is 0.240 e. The number of nitrogens with zero attached hydrogens (tertiary/aromatic N) is 1. The highest BCUT2D eigenvalue weighted by molar-refractivity contribution is 8.00. The normalized spacial score (nSPS) is 15.4. The minimum atomic E-state index is -0.199. The van der Waals surface area contributed by atoms with Crippen molar-refractivity contribution in [2.45, 2.75) is 11.4 Å². The molecule has 0 bridgehead atoms. The molecule has 0 radical (unpaired) electrons. The highest BCUT2D eigenvalue weighted by Gasteiger charge is 2.26. The molecule has 0 saturated carbocycles. The van der Waals surface area contributed by atoms with E-state index in [4.69, 9.17) is 9.47 Å². The Balaban J connectivity index is 1.39. The van der Waals surface area contributed by atoms with E-state index in [2.05, 4.69) is 5.32 Å². The Morgan fingerprint density at radius 3 is 2.81 bits per heavy atom. The summed E-state index contributed by atoms with van der Waals surface area (Å²) in [6, 6.07) is 13.2. The largest absolute Gasteiger partial charge is 0.486 e. The predicted molar refractivity (Wildman–Crippen MR) is 98.8 cm³/mol. The quantitative estimate of drug-likeness (QED) is 0.894. The molecule has 1 N–H and O–H groups in total. The summed E-state index contributed by atoms with van der Waals surface area (Å²) in [7, 11) is 0. The molecule has 2 aromatic rings. The van der Waals surface area contributed by atoms with Crippen molar-refractivity contribution in [2.24, 2.45) is 0 Å². The number of fused-ring (bicyclic) bond motifs is 2. The second-order valence-electron chi connectivity index (χ2n) is 5.99. The summed E-state index contributed by atoms with van der Waals surface area (Å²) in [4.78, 5) is 27.1. The molecular formula is C19H18N2O4S. The molecule has 0 saturated heterocycles. The molecule has 0 atom stereocenters. The number of para-hydroxylation sites is 1. The first-order valence-corrected chi connectivity index (χ1v) is 9.37. The van der Waals surface area contributed by atoms with Crippen molar-refractivity contribution >= 4 is 29.3 Å². The van der Waals surface area contributed by atoms with E-state index in [0.29, 0.717) is 31.3 Å². The number of nitrogens with one attached hydrogen (secondary N) is 1. The molecule has 0 fully saturated rings. The second-order valence-corrected chi connectivity index (χ2v) is 7.01. The van der Waals surface area contributed by atoms with Crippen LogP contribution in [-0.2, 0) is 16.1 Å². The first-order chi connectivity index (χ1) is 12.7. The zero-order chi connectivity index (χ0) is 17.9. The third-order valence-electron chi connectivity index (χ3n) is 4.21. The molecule has 2 aliphatic rings. The minimum Gasteiger partial charge on any atom is -0.486 e. The lowest BCUT2D eigenvalue weighted by atomic mass is 10.2. The van der Waals surface area contributed by atoms with E-state index in [1.54, 1.807) is 4.90 Å². The molecular weight excluding hydrogens is 352 g/mol. The van der Waals surface area contributed by atoms with Gasteiger partial charge in [0, 0.05) is 11.4 Å². The Morgan fingerprint density at radius 1 is 1.12 bits per heavy atom. The average Bonchev–Trinajstić information content (AvgIpc) is 2.68. The molecule has 134 valence electrons. The van der Waals surface area contributed by atoms with Crippen LogP contribution in [0.3, 0.4) is 0 Å². The fourth-order valence-electron chi connectivity index (χ4n) is 2.93. The number of ether oxygens (including phenoxy) is 2. The summed E-state index contributed by atoms with van der Waals surface area (Å²) in [5.74, 6) is 1.52. The van der Waals surface area contributed by atoms with Crippen LogP contribution >= 0.6 is 11.8 Å². The number of hydrogen-bond donors (Lipinski definition) is 1. The van der Waals surface area contributed by atoms with Crippen LogP contribution in [-0.4, -0.2) is 37.3 Å². The van der Waals surface area contributed by atoms with Gasteiger partial charge in [0.1, 0.15) is 19.8 Å². The van der Waals surface area contributed by atoms with Crippen LogP contribution in [0.5, 0.6) is 11.5 Å². The molecule has 26 heavy (non-hydrogen) atoms. The third kappa shape index (κ3) is 3.48. The van der Waals surface area contributed by atoms with E-state index in [-0.39, 0.29) is 18.4 Å². The molecule has 2 amide bonds. The maximum absolute atomic E-state index is 12.4. The van der Waals surface area contributed by atoms with Gasteiger partial charge in [-0.05, 0) is 29.8 Å². The first kappa shape index (κ1) is 16.8. The van der Waals surface area contributed by atoms with Crippen LogP contribution < -0.4 is 19.7 Å². The van der Waals surface area contributed by atoms with E-state index in [0.717, 1.165) is 21.9 Å². The van der Waals surface area contributed by atoms with Crippen LogP contribution in [0.15, 0.2) is 47.4 Å². The summed E-state index contributed by atoms with van der Waals surface area (Å²) in [6.45, 7) is 1.46. The van der Waals surface area contributed by atoms with E-state index >= 15 is 0 Å². The van der Waals surface area contributed by atoms with Crippen LogP contribution in [0.1, 0.15) is 5.56 Å². The van der Waals surface area contributed by atoms with Crippen molar-refractivity contribution in [3.8, 4) is 11.5 Å². The average molecular weight is 370 g/mol. The van der Waals surface area contributed by atoms with Gasteiger partial charge in [-0.2, -0.15) is 0 Å². The minimum absolute atomic E-state index is 0.0148. The molecule has 7 heteroatoms. The van der Waals surface area contributed by atoms with Crippen LogP contribution in [0.4, 0.5) is 5.69 Å². The van der Waals surface area contributed by atoms with Gasteiger partial charge in [0.05, 0.1) is 11.4 Å². The Kier molecular flexibility index (Phi) is 4.71. The van der Waals surface area contributed by atoms with Crippen LogP contribution in [0, 0.1) is 0 Å². The molecule has 4 rings (SSSR count). The van der Waals surface area contributed by atoms with Gasteiger partial charge in [-0.25, -0.2) is 0 Å². The standard InChI is InChI=1S/C19H18N2O4S/c22-18(11-21-14-3-1-2-4-17(14)26-12-19(21)23)20-10-13-5-6-15-16(9-13)25-8-7-24-15/h1-6,9H,7-8,10-12H2,(H,20,22). The number of benzene rings is 2. The number of hydrogen-bond acceptors (Lipinski definition) is 5. The Labute approximate surface area is 155 Å². The van der Waals surface area contributed by atoms with Crippen molar-refractivity contribution in [3.05, 3.63) is 48.0 Å². The summed E-state index contributed by atoms with van der Waals surface area (Å²) in [5, 5.41) is 2.87. The summed E-state index contributed by atoms with van der Waals surface area (Å²) in [5.41, 5.74) is 1.71. The second kappa shape index (κ2) is 7.29. The highest BCUT2D eigenvalue weighted by Crippen LogP contribution is 2.34. The van der Waals surface area contributed by atoms with E-state index in [1.807, 2.05) is 42.5 Å². The molecule has 2 aromatic carbocycles. The maximum atomic E-state index is 12.4. The lowest BCUT2D eigenvalue weighted by Crippen LogP contribution is -2.43. The number of carbonyl (C=O) groups is 2. The van der Waals surface area contributed by atoms with E-state index < -0.39 is 0 Å². The van der Waals surface area contributed by atoms with Gasteiger partial charge in [-0.1, -0.05) is 18.2 Å². The van der Waals surface area contributed by atoms with Crippen LogP contribution in [0.25, 0.3) is 0 Å². The number of anilines is 1. The zero-order valence-corrected chi connectivity index (χ0v) is 14.9. The van der Waals surface area contributed by atoms with Gasteiger partial charge in [0.25, 0.3) is 0 Å². The number of thioether (sulfide) groups is 1. The Hall–Kier alpha value is -2.67. The van der Waals surface area contributed by atoms with Gasteiger partial charge in [-0.15, -0.1) is 11.8 Å². The summed E-state index contributed by atoms with van der Waals surface area (Å²) < 4.78 is 11.0. The number of rotatable bonds is 4. The van der Waals surface area contributed by atoms with Gasteiger partial charge in [0.15, 0.2) is 11.5 Å². The van der Waals surface area contributed by atoms with Gasteiger partial charge in [-0.3, -0.25) is 9.59 Å². The van der Waals surface area contributed by atoms with E-state index in [9.17, 15) is 9.59 Å². The first-order valence-electron chi connectivity index (χ1n) is 8.38. The van der Waals surface area contributed by atoms with Crippen molar-refractivity contribution in [1.29, 1.82) is 0 Å². The number of carbonyl (C=O) groups excluding carboxylic acids is 2. The maximum Gasteiger partial charge on any atom is 0.240 e. The predicted octanol–water partition coefficient (Wildman–Crippen LogP) is 2.21. The lowest BCUT2D eigenvalue weighted by Gasteiger charge is -2.28. The molecule has 0 spiro atoms. The molecule has 6 nitrogen and oxygen atoms in total. The fourth-order valence-corrected chi connectivity index (χ4v) is 3.86. The molecule has 0 aliphatic carbocycles. The fraction of sp³-hybridized carbons (Fsp3) is 0.263. The van der Waals surface area contributed by atoms with Crippen molar-refractivity contribution in [2.75, 3.05) is 30.4 Å². The molecule has 2 aliphatic heterocycles. The zero-order valence-electron chi connectivity index (χ0n) is 14.1. The summed E-state index contributed by atoms with van der Waals surface area (Å²) in [6.07, 6.45) is 0. The lowest BCUT2D eigenvalue weighted by molar-refractivity contribution is -0.123.